The van der Waals surface area contributed by atoms with Crippen molar-refractivity contribution in [3.05, 3.63) is 41.7 Å². The molecule has 98 valence electrons. The fourth-order valence-electron chi connectivity index (χ4n) is 1.72. The Kier molecular flexibility index (Phi) is 3.70. The highest BCUT2D eigenvalue weighted by atomic mass is 16.4. The summed E-state index contributed by atoms with van der Waals surface area (Å²) in [5.41, 5.74) is 2.72. The summed E-state index contributed by atoms with van der Waals surface area (Å²) in [7, 11) is 0. The van der Waals surface area contributed by atoms with Crippen molar-refractivity contribution in [3.63, 3.8) is 0 Å². The Balaban J connectivity index is 2.28. The molecule has 2 rings (SSSR count). The average molecular weight is 258 g/mol. The first-order valence-corrected chi connectivity index (χ1v) is 5.80. The van der Waals surface area contributed by atoms with E-state index in [0.717, 1.165) is 5.69 Å². The predicted octanol–water partition coefficient (Wildman–Crippen LogP) is 3.00. The Labute approximate surface area is 110 Å². The maximum absolute atomic E-state index is 10.7. The number of aliphatic carboxylic acids is 1. The van der Waals surface area contributed by atoms with Crippen LogP contribution in [0, 0.1) is 13.8 Å². The first kappa shape index (κ1) is 12.9. The summed E-state index contributed by atoms with van der Waals surface area (Å²) in [4.78, 5) is 10.7. The zero-order valence-corrected chi connectivity index (χ0v) is 10.7. The van der Waals surface area contributed by atoms with E-state index in [2.05, 4.69) is 15.3 Å². The average Bonchev–Trinajstić information content (AvgIpc) is 2.63. The number of nitrogens with zero attached hydrogens (tertiary/aromatic N) is 4. The second-order valence-electron chi connectivity index (χ2n) is 4.11. The molecule has 1 heterocycles. The van der Waals surface area contributed by atoms with Crippen molar-refractivity contribution < 1.29 is 9.90 Å². The summed E-state index contributed by atoms with van der Waals surface area (Å²) < 4.78 is 1.41. The number of carbonyl (C=O) groups is 1. The zero-order valence-electron chi connectivity index (χ0n) is 10.7. The second-order valence-corrected chi connectivity index (χ2v) is 4.11. The maximum Gasteiger partial charge on any atom is 0.325 e. The van der Waals surface area contributed by atoms with Gasteiger partial charge in [0.1, 0.15) is 12.2 Å². The van der Waals surface area contributed by atoms with E-state index in [0.29, 0.717) is 17.1 Å². The number of benzene rings is 1. The minimum atomic E-state index is -0.933. The van der Waals surface area contributed by atoms with Crippen molar-refractivity contribution in [1.82, 2.24) is 9.78 Å². The normalized spacial score (nSPS) is 11.1. The highest BCUT2D eigenvalue weighted by Gasteiger charge is 2.12. The lowest BCUT2D eigenvalue weighted by molar-refractivity contribution is -0.137. The molecule has 0 aliphatic rings. The molecule has 0 aliphatic carbocycles. The number of aromatic nitrogens is 2. The van der Waals surface area contributed by atoms with Crippen LogP contribution < -0.4 is 0 Å². The lowest BCUT2D eigenvalue weighted by Crippen LogP contribution is -2.11. The van der Waals surface area contributed by atoms with Crippen LogP contribution >= 0.6 is 0 Å². The van der Waals surface area contributed by atoms with Gasteiger partial charge in [0.05, 0.1) is 17.1 Å². The van der Waals surface area contributed by atoms with Crippen LogP contribution in [0.1, 0.15) is 11.4 Å². The molecule has 0 unspecified atom stereocenters. The molecule has 19 heavy (non-hydrogen) atoms. The van der Waals surface area contributed by atoms with Crippen molar-refractivity contribution in [3.8, 4) is 0 Å². The molecule has 0 radical (unpaired) electrons. The number of carboxylic acid groups (broad SMARTS) is 1. The number of azo groups is 1. The number of rotatable bonds is 4. The molecule has 1 aromatic heterocycles. The topological polar surface area (TPSA) is 79.8 Å². The Hall–Kier alpha value is -2.50. The highest BCUT2D eigenvalue weighted by molar-refractivity contribution is 5.67. The molecule has 0 saturated heterocycles. The van der Waals surface area contributed by atoms with Crippen molar-refractivity contribution >= 4 is 17.3 Å². The Morgan fingerprint density at radius 1 is 1.26 bits per heavy atom. The van der Waals surface area contributed by atoms with Crippen LogP contribution in [0.2, 0.25) is 0 Å². The van der Waals surface area contributed by atoms with Crippen molar-refractivity contribution in [2.45, 2.75) is 20.4 Å². The molecule has 6 heteroatoms. The summed E-state index contributed by atoms with van der Waals surface area (Å²) in [6.45, 7) is 3.39. The third-order valence-corrected chi connectivity index (χ3v) is 2.65. The maximum atomic E-state index is 10.7. The van der Waals surface area contributed by atoms with Crippen LogP contribution in [0.15, 0.2) is 40.6 Å². The number of aryl methyl sites for hydroxylation is 1. The van der Waals surface area contributed by atoms with Gasteiger partial charge < -0.3 is 5.11 Å². The summed E-state index contributed by atoms with van der Waals surface area (Å²) in [6.07, 6.45) is 0. The molecule has 0 aliphatic heterocycles. The monoisotopic (exact) mass is 258 g/mol. The van der Waals surface area contributed by atoms with Gasteiger partial charge in [-0.3, -0.25) is 9.48 Å². The number of carboxylic acids is 1. The minimum Gasteiger partial charge on any atom is -0.480 e. The Morgan fingerprint density at radius 3 is 2.58 bits per heavy atom. The van der Waals surface area contributed by atoms with Gasteiger partial charge in [0.15, 0.2) is 0 Å². The first-order valence-electron chi connectivity index (χ1n) is 5.80. The molecule has 1 N–H and O–H groups in total. The van der Waals surface area contributed by atoms with Crippen molar-refractivity contribution in [1.29, 1.82) is 0 Å². The van der Waals surface area contributed by atoms with Crippen LogP contribution in [-0.2, 0) is 11.3 Å². The fraction of sp³-hybridized carbons (Fsp3) is 0.231. The molecular weight excluding hydrogens is 244 g/mol. The van der Waals surface area contributed by atoms with Gasteiger partial charge in [-0.1, -0.05) is 18.2 Å². The molecule has 6 nitrogen and oxygen atoms in total. The minimum absolute atomic E-state index is 0.173. The van der Waals surface area contributed by atoms with E-state index in [1.165, 1.54) is 4.68 Å². The van der Waals surface area contributed by atoms with E-state index in [-0.39, 0.29) is 6.54 Å². The van der Waals surface area contributed by atoms with Crippen LogP contribution in [0.25, 0.3) is 0 Å². The molecular formula is C13H14N4O2. The second kappa shape index (κ2) is 5.43. The van der Waals surface area contributed by atoms with E-state index in [9.17, 15) is 4.79 Å². The van der Waals surface area contributed by atoms with Gasteiger partial charge in [-0.15, -0.1) is 5.11 Å². The largest absolute Gasteiger partial charge is 0.480 e. The molecule has 0 saturated carbocycles. The molecule has 0 amide bonds. The first-order chi connectivity index (χ1) is 9.08. The zero-order chi connectivity index (χ0) is 13.8. The Bertz CT molecular complexity index is 617. The van der Waals surface area contributed by atoms with E-state index < -0.39 is 5.97 Å². The summed E-state index contributed by atoms with van der Waals surface area (Å²) in [5, 5.41) is 21.2. The predicted molar refractivity (Wildman–Crippen MR) is 70.0 cm³/mol. The standard InChI is InChI=1S/C13H14N4O2/c1-9-13(10(2)17(16-9)8-12(18)19)15-14-11-6-4-3-5-7-11/h3-7H,8H2,1-2H3,(H,18,19)/b15-14+. The van der Waals surface area contributed by atoms with Crippen molar-refractivity contribution in [2.24, 2.45) is 10.2 Å². The third kappa shape index (κ3) is 3.04. The number of hydrogen-bond acceptors (Lipinski definition) is 4. The third-order valence-electron chi connectivity index (χ3n) is 2.65. The van der Waals surface area contributed by atoms with Gasteiger partial charge >= 0.3 is 5.97 Å². The quantitative estimate of drug-likeness (QED) is 0.856. The summed E-state index contributed by atoms with van der Waals surface area (Å²) in [6, 6.07) is 9.34. The van der Waals surface area contributed by atoms with Gasteiger partial charge in [-0.25, -0.2) is 0 Å². The van der Waals surface area contributed by atoms with Crippen LogP contribution in [0.5, 0.6) is 0 Å². The lowest BCUT2D eigenvalue weighted by Gasteiger charge is -1.98. The van der Waals surface area contributed by atoms with Gasteiger partial charge in [0.2, 0.25) is 0 Å². The van der Waals surface area contributed by atoms with Crippen LogP contribution in [0.4, 0.5) is 11.4 Å². The van der Waals surface area contributed by atoms with E-state index in [1.54, 1.807) is 13.8 Å². The van der Waals surface area contributed by atoms with Crippen molar-refractivity contribution in [2.75, 3.05) is 0 Å². The molecule has 2 aromatic rings. The van der Waals surface area contributed by atoms with Gasteiger partial charge in [0, 0.05) is 0 Å². The summed E-state index contributed by atoms with van der Waals surface area (Å²) >= 11 is 0. The SMILES string of the molecule is Cc1nn(CC(=O)O)c(C)c1/N=N/c1ccccc1. The summed E-state index contributed by atoms with van der Waals surface area (Å²) in [5.74, 6) is -0.933. The fourth-order valence-corrected chi connectivity index (χ4v) is 1.72. The molecule has 0 bridgehead atoms. The highest BCUT2D eigenvalue weighted by Crippen LogP contribution is 2.25. The molecule has 0 fully saturated rings. The lowest BCUT2D eigenvalue weighted by atomic mass is 10.3. The van der Waals surface area contributed by atoms with Gasteiger partial charge in [-0.2, -0.15) is 10.2 Å². The van der Waals surface area contributed by atoms with Crippen LogP contribution in [-0.4, -0.2) is 20.9 Å². The van der Waals surface area contributed by atoms with E-state index in [4.69, 9.17) is 5.11 Å². The van der Waals surface area contributed by atoms with Gasteiger partial charge in [0.25, 0.3) is 0 Å². The van der Waals surface area contributed by atoms with Gasteiger partial charge in [-0.05, 0) is 26.0 Å². The Morgan fingerprint density at radius 2 is 1.95 bits per heavy atom. The van der Waals surface area contributed by atoms with Crippen LogP contribution in [0.3, 0.4) is 0 Å². The van der Waals surface area contributed by atoms with E-state index in [1.807, 2.05) is 30.3 Å². The van der Waals surface area contributed by atoms with E-state index >= 15 is 0 Å². The molecule has 0 atom stereocenters. The molecule has 1 aromatic carbocycles. The number of hydrogen-bond donors (Lipinski definition) is 1. The smallest absolute Gasteiger partial charge is 0.325 e. The molecule has 0 spiro atoms.